The molecule has 25 heavy (non-hydrogen) atoms. The van der Waals surface area contributed by atoms with Crippen LogP contribution in [0.3, 0.4) is 0 Å². The molecular weight excluding hydrogens is 327 g/mol. The van der Waals surface area contributed by atoms with Crippen LogP contribution < -0.4 is 10.6 Å². The lowest BCUT2D eigenvalue weighted by molar-refractivity contribution is -0.133. The highest BCUT2D eigenvalue weighted by atomic mass is 19.1. The summed E-state index contributed by atoms with van der Waals surface area (Å²) in [7, 11) is 0. The van der Waals surface area contributed by atoms with Crippen molar-refractivity contribution in [3.8, 4) is 0 Å². The molecule has 1 atom stereocenters. The van der Waals surface area contributed by atoms with Crippen LogP contribution in [0.15, 0.2) is 24.3 Å². The van der Waals surface area contributed by atoms with E-state index in [9.17, 15) is 18.8 Å². The summed E-state index contributed by atoms with van der Waals surface area (Å²) in [5.74, 6) is -0.837. The fraction of sp³-hybridized carbons (Fsp3) is 0.471. The van der Waals surface area contributed by atoms with E-state index in [2.05, 4.69) is 15.5 Å². The highest BCUT2D eigenvalue weighted by Crippen LogP contribution is 2.12. The van der Waals surface area contributed by atoms with E-state index in [-0.39, 0.29) is 18.1 Å². The molecule has 2 aliphatic heterocycles. The molecule has 0 aliphatic carbocycles. The molecule has 2 heterocycles. The number of rotatable bonds is 4. The molecule has 8 heteroatoms. The number of urea groups is 1. The van der Waals surface area contributed by atoms with Crippen molar-refractivity contribution in [2.45, 2.75) is 25.4 Å². The van der Waals surface area contributed by atoms with Gasteiger partial charge in [-0.3, -0.25) is 19.8 Å². The summed E-state index contributed by atoms with van der Waals surface area (Å²) in [6.45, 7) is 3.47. The quantitative estimate of drug-likeness (QED) is 0.775. The van der Waals surface area contributed by atoms with Gasteiger partial charge in [0.05, 0.1) is 6.42 Å². The van der Waals surface area contributed by atoms with Crippen LogP contribution in [0.4, 0.5) is 9.18 Å². The topological polar surface area (TPSA) is 81.8 Å². The van der Waals surface area contributed by atoms with Gasteiger partial charge in [0, 0.05) is 32.7 Å². The summed E-state index contributed by atoms with van der Waals surface area (Å²) in [6.07, 6.45) is 0.811. The summed E-state index contributed by atoms with van der Waals surface area (Å²) >= 11 is 0. The fourth-order valence-corrected chi connectivity index (χ4v) is 3.13. The first-order valence-corrected chi connectivity index (χ1v) is 8.37. The van der Waals surface area contributed by atoms with E-state index in [4.69, 9.17) is 0 Å². The number of halogens is 1. The number of benzene rings is 1. The van der Waals surface area contributed by atoms with Crippen molar-refractivity contribution in [1.29, 1.82) is 0 Å². The van der Waals surface area contributed by atoms with Crippen LogP contribution in [-0.2, 0) is 16.1 Å². The second kappa shape index (κ2) is 7.60. The van der Waals surface area contributed by atoms with Gasteiger partial charge in [-0.05, 0) is 24.1 Å². The summed E-state index contributed by atoms with van der Waals surface area (Å²) in [5.41, 5.74) is 1.03. The summed E-state index contributed by atoms with van der Waals surface area (Å²) < 4.78 is 13.0. The van der Waals surface area contributed by atoms with E-state index in [0.29, 0.717) is 26.2 Å². The number of amides is 4. The van der Waals surface area contributed by atoms with Crippen LogP contribution in [0.25, 0.3) is 0 Å². The van der Waals surface area contributed by atoms with E-state index in [1.807, 2.05) is 0 Å². The average Bonchev–Trinajstić information content (AvgIpc) is 2.76. The first-order chi connectivity index (χ1) is 12.0. The fourth-order valence-electron chi connectivity index (χ4n) is 3.13. The third-order valence-corrected chi connectivity index (χ3v) is 4.50. The first kappa shape index (κ1) is 17.3. The van der Waals surface area contributed by atoms with E-state index >= 15 is 0 Å². The van der Waals surface area contributed by atoms with Gasteiger partial charge in [0.15, 0.2) is 0 Å². The van der Waals surface area contributed by atoms with Crippen LogP contribution >= 0.6 is 0 Å². The highest BCUT2D eigenvalue weighted by Gasteiger charge is 2.32. The highest BCUT2D eigenvalue weighted by molar-refractivity contribution is 6.05. The number of carbonyl (C=O) groups excluding carboxylic acids is 3. The minimum Gasteiger partial charge on any atom is -0.341 e. The smallest absolute Gasteiger partial charge is 0.322 e. The molecule has 2 aliphatic rings. The van der Waals surface area contributed by atoms with Gasteiger partial charge in [-0.2, -0.15) is 0 Å². The molecule has 4 amide bonds. The minimum atomic E-state index is -0.779. The predicted molar refractivity (Wildman–Crippen MR) is 88.0 cm³/mol. The molecule has 0 spiro atoms. The van der Waals surface area contributed by atoms with E-state index in [0.717, 1.165) is 18.5 Å². The van der Waals surface area contributed by atoms with Crippen molar-refractivity contribution >= 4 is 17.8 Å². The number of nitrogens with zero attached hydrogens (tertiary/aromatic N) is 2. The van der Waals surface area contributed by atoms with Crippen molar-refractivity contribution in [2.75, 3.05) is 26.2 Å². The van der Waals surface area contributed by atoms with Crippen LogP contribution in [0.5, 0.6) is 0 Å². The van der Waals surface area contributed by atoms with Gasteiger partial charge >= 0.3 is 6.03 Å². The largest absolute Gasteiger partial charge is 0.341 e. The molecule has 2 N–H and O–H groups in total. The van der Waals surface area contributed by atoms with Gasteiger partial charge in [0.2, 0.25) is 5.91 Å². The molecule has 0 saturated carbocycles. The zero-order valence-electron chi connectivity index (χ0n) is 13.8. The van der Waals surface area contributed by atoms with Gasteiger partial charge in [-0.15, -0.1) is 0 Å². The maximum Gasteiger partial charge on any atom is 0.322 e. The van der Waals surface area contributed by atoms with E-state index < -0.39 is 18.0 Å². The molecule has 1 aromatic rings. The number of carbonyl (C=O) groups is 3. The Labute approximate surface area is 145 Å². The summed E-state index contributed by atoms with van der Waals surface area (Å²) in [4.78, 5) is 39.0. The normalized spacial score (nSPS) is 21.6. The standard InChI is InChI=1S/C17H21FN4O3/c18-13-4-2-12(3-5-13)11-21-6-1-7-22(9-8-21)15(23)10-14-16(24)20-17(25)19-14/h2-5,14H,1,6-11H2,(H2,19,20,24,25). The number of hydrogen-bond donors (Lipinski definition) is 2. The Morgan fingerprint density at radius 2 is 1.88 bits per heavy atom. The molecule has 0 radical (unpaired) electrons. The lowest BCUT2D eigenvalue weighted by Gasteiger charge is -2.23. The molecule has 2 fully saturated rings. The lowest BCUT2D eigenvalue weighted by atomic mass is 10.2. The molecule has 134 valence electrons. The van der Waals surface area contributed by atoms with Gasteiger partial charge < -0.3 is 10.2 Å². The third kappa shape index (κ3) is 4.54. The van der Waals surface area contributed by atoms with Crippen LogP contribution in [0.2, 0.25) is 0 Å². The van der Waals surface area contributed by atoms with Crippen molar-refractivity contribution in [2.24, 2.45) is 0 Å². The van der Waals surface area contributed by atoms with Crippen LogP contribution in [0, 0.1) is 5.82 Å². The molecule has 1 aromatic carbocycles. The Bertz CT molecular complexity index is 664. The Kier molecular flexibility index (Phi) is 5.28. The first-order valence-electron chi connectivity index (χ1n) is 8.37. The maximum atomic E-state index is 13.0. The van der Waals surface area contributed by atoms with Gasteiger partial charge in [-0.1, -0.05) is 12.1 Å². The Morgan fingerprint density at radius 1 is 1.12 bits per heavy atom. The van der Waals surface area contributed by atoms with E-state index in [1.165, 1.54) is 12.1 Å². The van der Waals surface area contributed by atoms with Crippen molar-refractivity contribution in [3.05, 3.63) is 35.6 Å². The zero-order valence-corrected chi connectivity index (χ0v) is 13.8. The van der Waals surface area contributed by atoms with Crippen LogP contribution in [0.1, 0.15) is 18.4 Å². The minimum absolute atomic E-state index is 0.0183. The Morgan fingerprint density at radius 3 is 2.56 bits per heavy atom. The summed E-state index contributed by atoms with van der Waals surface area (Å²) in [5, 5.41) is 4.58. The van der Waals surface area contributed by atoms with Crippen molar-refractivity contribution in [1.82, 2.24) is 20.4 Å². The lowest BCUT2D eigenvalue weighted by Crippen LogP contribution is -2.40. The molecule has 1 unspecified atom stereocenters. The average molecular weight is 348 g/mol. The SMILES string of the molecule is O=C1NC(=O)C(CC(=O)N2CCCN(Cc3ccc(F)cc3)CC2)N1. The Hall–Kier alpha value is -2.48. The maximum absolute atomic E-state index is 13.0. The molecule has 0 bridgehead atoms. The Balaban J connectivity index is 1.50. The molecular formula is C17H21FN4O3. The van der Waals surface area contributed by atoms with Crippen LogP contribution in [-0.4, -0.2) is 59.9 Å². The zero-order chi connectivity index (χ0) is 17.8. The second-order valence-electron chi connectivity index (χ2n) is 6.36. The molecule has 3 rings (SSSR count). The van der Waals surface area contributed by atoms with Crippen molar-refractivity contribution in [3.63, 3.8) is 0 Å². The van der Waals surface area contributed by atoms with Gasteiger partial charge in [0.25, 0.3) is 5.91 Å². The monoisotopic (exact) mass is 348 g/mol. The van der Waals surface area contributed by atoms with E-state index in [1.54, 1.807) is 17.0 Å². The van der Waals surface area contributed by atoms with Gasteiger partial charge in [0.1, 0.15) is 11.9 Å². The predicted octanol–water partition coefficient (Wildman–Crippen LogP) is 0.458. The number of hydrogen-bond acceptors (Lipinski definition) is 4. The molecule has 7 nitrogen and oxygen atoms in total. The number of imide groups is 1. The molecule has 2 saturated heterocycles. The summed E-state index contributed by atoms with van der Waals surface area (Å²) in [6, 6.07) is 5.10. The third-order valence-electron chi connectivity index (χ3n) is 4.50. The second-order valence-corrected chi connectivity index (χ2v) is 6.36. The molecule has 0 aromatic heterocycles. The van der Waals surface area contributed by atoms with Gasteiger partial charge in [-0.25, -0.2) is 9.18 Å². The number of nitrogens with one attached hydrogen (secondary N) is 2. The van der Waals surface area contributed by atoms with Crippen molar-refractivity contribution < 1.29 is 18.8 Å².